The van der Waals surface area contributed by atoms with Crippen molar-refractivity contribution in [3.05, 3.63) is 89.1 Å². The Morgan fingerprint density at radius 3 is 2.59 bits per heavy atom. The molecule has 1 aromatic carbocycles. The van der Waals surface area contributed by atoms with Crippen molar-refractivity contribution >= 4 is 16.8 Å². The fraction of sp³-hybridized carbons (Fsp3) is 0.208. The second-order valence-electron chi connectivity index (χ2n) is 8.01. The molecule has 0 spiro atoms. The predicted molar refractivity (Wildman–Crippen MR) is 127 cm³/mol. The van der Waals surface area contributed by atoms with Gasteiger partial charge in [0.05, 0.1) is 17.7 Å². The van der Waals surface area contributed by atoms with Crippen LogP contribution in [0.4, 0.5) is 0 Å². The standard InChI is InChI=1S/C24H24N8O2/c1-16-21-20(23(30-12-6-7-13-30)32(29-21)19-8-4-3-5-9-19)24(34)31(28-16)17(2)22(33)26-11-10-18-14-25-15-27-18/h3-9,12-15,17H,10-11H2,1-2H3,(H,25,27)(H,26,33). The van der Waals surface area contributed by atoms with Gasteiger partial charge in [-0.05, 0) is 38.1 Å². The smallest absolute Gasteiger partial charge is 0.280 e. The molecule has 5 aromatic rings. The highest BCUT2D eigenvalue weighted by molar-refractivity contribution is 5.88. The summed E-state index contributed by atoms with van der Waals surface area (Å²) in [7, 11) is 0. The maximum Gasteiger partial charge on any atom is 0.280 e. The maximum atomic E-state index is 13.7. The second-order valence-corrected chi connectivity index (χ2v) is 8.01. The number of nitrogens with one attached hydrogen (secondary N) is 2. The monoisotopic (exact) mass is 456 g/mol. The van der Waals surface area contributed by atoms with Gasteiger partial charge in [-0.2, -0.15) is 10.2 Å². The summed E-state index contributed by atoms with van der Waals surface area (Å²) in [6, 6.07) is 12.6. The van der Waals surface area contributed by atoms with E-state index in [0.29, 0.717) is 35.4 Å². The van der Waals surface area contributed by atoms with E-state index in [0.717, 1.165) is 11.4 Å². The van der Waals surface area contributed by atoms with E-state index >= 15 is 0 Å². The van der Waals surface area contributed by atoms with E-state index in [1.54, 1.807) is 31.1 Å². The van der Waals surface area contributed by atoms with Crippen LogP contribution in [0.2, 0.25) is 0 Å². The number of H-pyrrole nitrogens is 1. The molecule has 2 N–H and O–H groups in total. The van der Waals surface area contributed by atoms with Crippen molar-refractivity contribution in [1.82, 2.24) is 39.4 Å². The molecular formula is C24H24N8O2. The molecule has 4 heterocycles. The normalized spacial score (nSPS) is 12.2. The number of hydrogen-bond donors (Lipinski definition) is 2. The van der Waals surface area contributed by atoms with Gasteiger partial charge in [-0.3, -0.25) is 9.59 Å². The molecule has 1 amide bonds. The highest BCUT2D eigenvalue weighted by Crippen LogP contribution is 2.25. The van der Waals surface area contributed by atoms with E-state index in [4.69, 9.17) is 5.10 Å². The molecule has 0 aliphatic carbocycles. The summed E-state index contributed by atoms with van der Waals surface area (Å²) in [5.41, 5.74) is 2.43. The highest BCUT2D eigenvalue weighted by Gasteiger charge is 2.25. The van der Waals surface area contributed by atoms with Crippen LogP contribution in [0.3, 0.4) is 0 Å². The molecule has 0 radical (unpaired) electrons. The Hall–Kier alpha value is -4.47. The minimum absolute atomic E-state index is 0.286. The minimum Gasteiger partial charge on any atom is -0.354 e. The number of benzene rings is 1. The number of nitrogens with zero attached hydrogens (tertiary/aromatic N) is 6. The third-order valence-corrected chi connectivity index (χ3v) is 5.73. The Balaban J connectivity index is 1.57. The molecular weight excluding hydrogens is 432 g/mol. The topological polar surface area (TPSA) is 115 Å². The van der Waals surface area contributed by atoms with Gasteiger partial charge in [0.2, 0.25) is 5.91 Å². The summed E-state index contributed by atoms with van der Waals surface area (Å²) < 4.78 is 4.83. The summed E-state index contributed by atoms with van der Waals surface area (Å²) in [5.74, 6) is 0.313. The van der Waals surface area contributed by atoms with Gasteiger partial charge in [0.1, 0.15) is 16.9 Å². The number of para-hydroxylation sites is 1. The van der Waals surface area contributed by atoms with Gasteiger partial charge in [0.25, 0.3) is 5.56 Å². The van der Waals surface area contributed by atoms with Crippen molar-refractivity contribution < 1.29 is 4.79 Å². The van der Waals surface area contributed by atoms with E-state index < -0.39 is 6.04 Å². The van der Waals surface area contributed by atoms with Crippen molar-refractivity contribution in [2.75, 3.05) is 6.54 Å². The lowest BCUT2D eigenvalue weighted by Crippen LogP contribution is -2.38. The van der Waals surface area contributed by atoms with Gasteiger partial charge in [0.15, 0.2) is 5.82 Å². The quantitative estimate of drug-likeness (QED) is 0.390. The maximum absolute atomic E-state index is 13.7. The van der Waals surface area contributed by atoms with Crippen molar-refractivity contribution in [1.29, 1.82) is 0 Å². The van der Waals surface area contributed by atoms with Crippen LogP contribution in [0.25, 0.3) is 22.4 Å². The fourth-order valence-electron chi connectivity index (χ4n) is 3.95. The summed E-state index contributed by atoms with van der Waals surface area (Å²) in [4.78, 5) is 33.5. The minimum atomic E-state index is -0.796. The van der Waals surface area contributed by atoms with Gasteiger partial charge in [-0.25, -0.2) is 14.3 Å². The zero-order valence-corrected chi connectivity index (χ0v) is 18.8. The number of aromatic nitrogens is 7. The van der Waals surface area contributed by atoms with Crippen LogP contribution in [-0.4, -0.2) is 46.5 Å². The molecule has 172 valence electrons. The lowest BCUT2D eigenvalue weighted by molar-refractivity contribution is -0.124. The Bertz CT molecular complexity index is 1480. The molecule has 10 heteroatoms. The lowest BCUT2D eigenvalue weighted by atomic mass is 10.2. The van der Waals surface area contributed by atoms with Crippen molar-refractivity contribution in [3.63, 3.8) is 0 Å². The number of fused-ring (bicyclic) bond motifs is 1. The molecule has 0 fully saturated rings. The van der Waals surface area contributed by atoms with E-state index in [-0.39, 0.29) is 11.5 Å². The van der Waals surface area contributed by atoms with Crippen molar-refractivity contribution in [2.24, 2.45) is 0 Å². The first-order chi connectivity index (χ1) is 16.5. The third-order valence-electron chi connectivity index (χ3n) is 5.73. The number of carbonyl (C=O) groups is 1. The molecule has 4 aromatic heterocycles. The zero-order valence-electron chi connectivity index (χ0n) is 18.8. The number of aryl methyl sites for hydroxylation is 1. The SMILES string of the molecule is Cc1nn(C(C)C(=O)NCCc2cnc[nH]2)c(=O)c2c(-n3cccc3)n(-c3ccccc3)nc12. The Morgan fingerprint density at radius 2 is 1.88 bits per heavy atom. The largest absolute Gasteiger partial charge is 0.354 e. The Morgan fingerprint density at radius 1 is 1.12 bits per heavy atom. The summed E-state index contributed by atoms with van der Waals surface area (Å²) in [6.45, 7) is 3.88. The second kappa shape index (κ2) is 8.81. The average Bonchev–Trinajstić information content (AvgIpc) is 3.62. The first-order valence-electron chi connectivity index (χ1n) is 11.0. The first-order valence-corrected chi connectivity index (χ1v) is 11.0. The van der Waals surface area contributed by atoms with Crippen LogP contribution in [0.5, 0.6) is 0 Å². The summed E-state index contributed by atoms with van der Waals surface area (Å²) in [6.07, 6.45) is 7.65. The Kier molecular flexibility index (Phi) is 5.54. The molecule has 5 rings (SSSR count). The van der Waals surface area contributed by atoms with Crippen LogP contribution >= 0.6 is 0 Å². The van der Waals surface area contributed by atoms with Gasteiger partial charge < -0.3 is 14.9 Å². The summed E-state index contributed by atoms with van der Waals surface area (Å²) in [5, 5.41) is 12.5. The number of amides is 1. The molecule has 0 aliphatic rings. The van der Waals surface area contributed by atoms with Gasteiger partial charge in [-0.15, -0.1) is 0 Å². The molecule has 1 unspecified atom stereocenters. The van der Waals surface area contributed by atoms with Crippen LogP contribution in [0.1, 0.15) is 24.4 Å². The molecule has 0 saturated carbocycles. The first kappa shape index (κ1) is 21.4. The number of hydrogen-bond acceptors (Lipinski definition) is 5. The van der Waals surface area contributed by atoms with Crippen molar-refractivity contribution in [2.45, 2.75) is 26.3 Å². The zero-order chi connectivity index (χ0) is 23.7. The van der Waals surface area contributed by atoms with Gasteiger partial charge >= 0.3 is 0 Å². The van der Waals surface area contributed by atoms with Gasteiger partial charge in [0, 0.05) is 37.3 Å². The van der Waals surface area contributed by atoms with E-state index in [9.17, 15) is 9.59 Å². The van der Waals surface area contributed by atoms with Crippen LogP contribution in [0, 0.1) is 6.92 Å². The van der Waals surface area contributed by atoms with E-state index in [2.05, 4.69) is 20.4 Å². The van der Waals surface area contributed by atoms with E-state index in [1.165, 1.54) is 4.68 Å². The third kappa shape index (κ3) is 3.79. The number of rotatable bonds is 7. The number of carbonyl (C=O) groups excluding carboxylic acids is 1. The van der Waals surface area contributed by atoms with Crippen molar-refractivity contribution in [3.8, 4) is 11.5 Å². The number of aromatic amines is 1. The van der Waals surface area contributed by atoms with E-state index in [1.807, 2.05) is 59.4 Å². The van der Waals surface area contributed by atoms with Crippen LogP contribution < -0.4 is 10.9 Å². The fourth-order valence-corrected chi connectivity index (χ4v) is 3.95. The molecule has 10 nitrogen and oxygen atoms in total. The van der Waals surface area contributed by atoms with Gasteiger partial charge in [-0.1, -0.05) is 18.2 Å². The Labute approximate surface area is 194 Å². The molecule has 1 atom stereocenters. The van der Waals surface area contributed by atoms with Crippen LogP contribution in [-0.2, 0) is 11.2 Å². The molecule has 0 saturated heterocycles. The number of imidazole rings is 1. The molecule has 34 heavy (non-hydrogen) atoms. The summed E-state index contributed by atoms with van der Waals surface area (Å²) >= 11 is 0. The molecule has 0 bridgehead atoms. The molecule has 0 aliphatic heterocycles. The van der Waals surface area contributed by atoms with Crippen LogP contribution in [0.15, 0.2) is 72.2 Å². The average molecular weight is 457 g/mol. The highest BCUT2D eigenvalue weighted by atomic mass is 16.2. The lowest BCUT2D eigenvalue weighted by Gasteiger charge is -2.15. The predicted octanol–water partition coefficient (Wildman–Crippen LogP) is 2.32.